The number of rotatable bonds is 7. The molecule has 0 amide bonds. The van der Waals surface area contributed by atoms with Crippen molar-refractivity contribution >= 4 is 31.6 Å². The first-order chi connectivity index (χ1) is 11.5. The Labute approximate surface area is 152 Å². The molecule has 1 unspecified atom stereocenters. The van der Waals surface area contributed by atoms with Gasteiger partial charge in [-0.2, -0.15) is 0 Å². The van der Waals surface area contributed by atoms with Crippen LogP contribution >= 0.6 is 15.9 Å². The third-order valence-electron chi connectivity index (χ3n) is 4.64. The lowest BCUT2D eigenvalue weighted by Crippen LogP contribution is -2.37. The molecular weight excluding hydrogens is 394 g/mol. The van der Waals surface area contributed by atoms with Gasteiger partial charge in [0.1, 0.15) is 5.69 Å². The molecule has 6 nitrogen and oxygen atoms in total. The van der Waals surface area contributed by atoms with Gasteiger partial charge in [-0.3, -0.25) is 4.72 Å². The van der Waals surface area contributed by atoms with Gasteiger partial charge >= 0.3 is 0 Å². The van der Waals surface area contributed by atoms with Crippen molar-refractivity contribution in [3.8, 4) is 5.88 Å². The molecule has 1 N–H and O–H groups in total. The Morgan fingerprint density at radius 3 is 2.88 bits per heavy atom. The molecule has 1 aromatic rings. The van der Waals surface area contributed by atoms with Gasteiger partial charge in [0.05, 0.1) is 11.9 Å². The van der Waals surface area contributed by atoms with E-state index < -0.39 is 10.0 Å². The molecule has 134 valence electrons. The van der Waals surface area contributed by atoms with Crippen molar-refractivity contribution in [1.29, 1.82) is 0 Å². The van der Waals surface area contributed by atoms with Crippen molar-refractivity contribution in [2.75, 3.05) is 24.9 Å². The second-order valence-corrected chi connectivity index (χ2v) is 9.50. The van der Waals surface area contributed by atoms with Crippen molar-refractivity contribution in [3.05, 3.63) is 16.7 Å². The number of anilines is 1. The van der Waals surface area contributed by atoms with Crippen molar-refractivity contribution in [2.24, 2.45) is 0 Å². The highest BCUT2D eigenvalue weighted by Gasteiger charge is 2.36. The van der Waals surface area contributed by atoms with E-state index in [0.29, 0.717) is 24.2 Å². The number of piperidine rings is 1. The normalized spacial score (nSPS) is 22.3. The topological polar surface area (TPSA) is 71.5 Å². The molecular formula is C16H24BrN3O3S. The maximum absolute atomic E-state index is 12.2. The van der Waals surface area contributed by atoms with Crippen LogP contribution in [0, 0.1) is 0 Å². The summed E-state index contributed by atoms with van der Waals surface area (Å²) < 4.78 is 33.5. The molecule has 24 heavy (non-hydrogen) atoms. The number of aromatic nitrogens is 1. The summed E-state index contributed by atoms with van der Waals surface area (Å²) in [6.07, 6.45) is 7.70. The van der Waals surface area contributed by atoms with Crippen molar-refractivity contribution in [3.63, 3.8) is 0 Å². The number of pyridine rings is 1. The summed E-state index contributed by atoms with van der Waals surface area (Å²) in [5.74, 6) is 0.348. The van der Waals surface area contributed by atoms with E-state index in [-0.39, 0.29) is 5.25 Å². The Balaban J connectivity index is 1.62. The van der Waals surface area contributed by atoms with E-state index in [1.165, 1.54) is 19.3 Å². The Hall–Kier alpha value is -0.860. The van der Waals surface area contributed by atoms with Crippen LogP contribution < -0.4 is 9.46 Å². The number of nitrogens with zero attached hydrogens (tertiary/aromatic N) is 2. The zero-order valence-corrected chi connectivity index (χ0v) is 16.3. The second kappa shape index (κ2) is 7.58. The molecule has 1 saturated heterocycles. The second-order valence-electron chi connectivity index (χ2n) is 6.62. The lowest BCUT2D eigenvalue weighted by molar-refractivity contribution is 0.152. The van der Waals surface area contributed by atoms with Crippen LogP contribution in [0.4, 0.5) is 5.69 Å². The highest BCUT2D eigenvalue weighted by molar-refractivity contribution is 9.10. The number of ether oxygens (including phenoxy) is 1. The zero-order chi connectivity index (χ0) is 17.2. The maximum Gasteiger partial charge on any atom is 0.238 e. The lowest BCUT2D eigenvalue weighted by Gasteiger charge is -2.32. The van der Waals surface area contributed by atoms with Crippen LogP contribution in [0.1, 0.15) is 38.5 Å². The molecule has 0 aromatic carbocycles. The summed E-state index contributed by atoms with van der Waals surface area (Å²) in [5.41, 5.74) is 0.410. The van der Waals surface area contributed by atoms with Gasteiger partial charge in [0.2, 0.25) is 15.9 Å². The van der Waals surface area contributed by atoms with Gasteiger partial charge in [-0.25, -0.2) is 13.4 Å². The number of hydrogen-bond acceptors (Lipinski definition) is 5. The molecule has 8 heteroatoms. The fourth-order valence-electron chi connectivity index (χ4n) is 3.03. The average molecular weight is 418 g/mol. The van der Waals surface area contributed by atoms with Gasteiger partial charge in [0.15, 0.2) is 0 Å². The van der Waals surface area contributed by atoms with Crippen molar-refractivity contribution in [2.45, 2.75) is 49.8 Å². The molecule has 0 spiro atoms. The van der Waals surface area contributed by atoms with E-state index in [9.17, 15) is 8.42 Å². The van der Waals surface area contributed by atoms with E-state index in [4.69, 9.17) is 4.74 Å². The number of halogens is 1. The summed E-state index contributed by atoms with van der Waals surface area (Å²) in [6, 6.07) is 2.23. The summed E-state index contributed by atoms with van der Waals surface area (Å²) >= 11 is 3.34. The highest BCUT2D eigenvalue weighted by atomic mass is 79.9. The minimum atomic E-state index is -3.33. The van der Waals surface area contributed by atoms with Crippen molar-refractivity contribution < 1.29 is 13.2 Å². The Kier molecular flexibility index (Phi) is 5.66. The van der Waals surface area contributed by atoms with Gasteiger partial charge in [-0.15, -0.1) is 0 Å². The molecule has 0 bridgehead atoms. The summed E-state index contributed by atoms with van der Waals surface area (Å²) in [6.45, 7) is 1.66. The predicted octanol–water partition coefficient (Wildman–Crippen LogP) is 3.00. The number of likely N-dealkylation sites (tertiary alicyclic amines) is 1. The molecule has 0 radical (unpaired) electrons. The largest absolute Gasteiger partial charge is 0.476 e. The van der Waals surface area contributed by atoms with Crippen LogP contribution in [-0.2, 0) is 10.0 Å². The summed E-state index contributed by atoms with van der Waals surface area (Å²) in [5, 5.41) is -0.278. The van der Waals surface area contributed by atoms with E-state index in [1.807, 2.05) is 0 Å². The van der Waals surface area contributed by atoms with Gasteiger partial charge < -0.3 is 9.64 Å². The minimum Gasteiger partial charge on any atom is -0.476 e. The van der Waals surface area contributed by atoms with Crippen LogP contribution in [0.15, 0.2) is 16.7 Å². The Morgan fingerprint density at radius 2 is 2.17 bits per heavy atom. The average Bonchev–Trinajstić information content (AvgIpc) is 3.36. The molecule has 2 heterocycles. The molecule has 1 atom stereocenters. The van der Waals surface area contributed by atoms with Gasteiger partial charge in [0.25, 0.3) is 0 Å². The molecule has 1 aliphatic carbocycles. The van der Waals surface area contributed by atoms with Crippen LogP contribution in [0.3, 0.4) is 0 Å². The van der Waals surface area contributed by atoms with Crippen LogP contribution in [0.25, 0.3) is 0 Å². The fraction of sp³-hybridized carbons (Fsp3) is 0.688. The van der Waals surface area contributed by atoms with E-state index in [0.717, 1.165) is 30.3 Å². The van der Waals surface area contributed by atoms with Crippen LogP contribution in [0.2, 0.25) is 0 Å². The fourth-order valence-corrected chi connectivity index (χ4v) is 4.74. The van der Waals surface area contributed by atoms with E-state index in [2.05, 4.69) is 37.6 Å². The first-order valence-corrected chi connectivity index (χ1v) is 10.8. The van der Waals surface area contributed by atoms with Gasteiger partial charge in [0, 0.05) is 16.7 Å². The quantitative estimate of drug-likeness (QED) is 0.737. The molecule has 1 aromatic heterocycles. The first kappa shape index (κ1) is 17.9. The standard InChI is InChI=1S/C16H24BrN3O3S/c1-20-8-3-2-4-13(20)7-9-23-16-15(10-12(17)11-18-16)19-24(21,22)14-5-6-14/h10-11,13-14,19H,2-9H2,1H3. The number of hydrogen-bond donors (Lipinski definition) is 1. The summed E-state index contributed by atoms with van der Waals surface area (Å²) in [7, 11) is -1.18. The maximum atomic E-state index is 12.2. The van der Waals surface area contributed by atoms with Gasteiger partial charge in [-0.1, -0.05) is 6.42 Å². The number of sulfonamides is 1. The van der Waals surface area contributed by atoms with E-state index in [1.54, 1.807) is 12.3 Å². The van der Waals surface area contributed by atoms with Crippen molar-refractivity contribution in [1.82, 2.24) is 9.88 Å². The van der Waals surface area contributed by atoms with Crippen LogP contribution in [-0.4, -0.2) is 49.8 Å². The highest BCUT2D eigenvalue weighted by Crippen LogP contribution is 2.33. The molecule has 3 rings (SSSR count). The Bertz CT molecular complexity index is 679. The lowest BCUT2D eigenvalue weighted by atomic mass is 10.0. The third-order valence-corrected chi connectivity index (χ3v) is 6.93. The first-order valence-electron chi connectivity index (χ1n) is 8.46. The predicted molar refractivity (Wildman–Crippen MR) is 97.9 cm³/mol. The van der Waals surface area contributed by atoms with Gasteiger partial charge in [-0.05, 0) is 67.7 Å². The van der Waals surface area contributed by atoms with E-state index >= 15 is 0 Å². The summed E-state index contributed by atoms with van der Waals surface area (Å²) in [4.78, 5) is 6.61. The minimum absolute atomic E-state index is 0.278. The Morgan fingerprint density at radius 1 is 1.38 bits per heavy atom. The zero-order valence-electron chi connectivity index (χ0n) is 13.9. The monoisotopic (exact) mass is 417 g/mol. The molecule has 2 fully saturated rings. The molecule has 1 aliphatic heterocycles. The SMILES string of the molecule is CN1CCCCC1CCOc1ncc(Br)cc1NS(=O)(=O)C1CC1. The van der Waals surface area contributed by atoms with Crippen LogP contribution in [0.5, 0.6) is 5.88 Å². The number of nitrogens with one attached hydrogen (secondary N) is 1. The third kappa shape index (κ3) is 4.61. The smallest absolute Gasteiger partial charge is 0.238 e. The molecule has 2 aliphatic rings. The molecule has 1 saturated carbocycles.